The highest BCUT2D eigenvalue weighted by molar-refractivity contribution is 6.30. The molecular formula is C16H22ClN. The summed E-state index contributed by atoms with van der Waals surface area (Å²) < 4.78 is 0. The first kappa shape index (κ1) is 12.5. The second-order valence-corrected chi connectivity index (χ2v) is 6.42. The molecule has 18 heavy (non-hydrogen) atoms. The largest absolute Gasteiger partial charge is 0.314 e. The van der Waals surface area contributed by atoms with Gasteiger partial charge < -0.3 is 5.32 Å². The first-order valence-corrected chi connectivity index (χ1v) is 7.62. The highest BCUT2D eigenvalue weighted by atomic mass is 35.5. The second kappa shape index (κ2) is 5.22. The fourth-order valence-electron chi connectivity index (χ4n) is 3.63. The third kappa shape index (κ3) is 2.73. The van der Waals surface area contributed by atoms with Gasteiger partial charge in [0.25, 0.3) is 0 Å². The molecule has 1 nitrogen and oxygen atoms in total. The maximum absolute atomic E-state index is 5.95. The van der Waals surface area contributed by atoms with Gasteiger partial charge in [-0.25, -0.2) is 0 Å². The van der Waals surface area contributed by atoms with E-state index in [1.54, 1.807) is 0 Å². The van der Waals surface area contributed by atoms with E-state index in [0.29, 0.717) is 6.04 Å². The van der Waals surface area contributed by atoms with Gasteiger partial charge in [0.15, 0.2) is 0 Å². The van der Waals surface area contributed by atoms with Crippen LogP contribution in [0.2, 0.25) is 5.02 Å². The topological polar surface area (TPSA) is 12.0 Å². The monoisotopic (exact) mass is 263 g/mol. The molecule has 0 heterocycles. The second-order valence-electron chi connectivity index (χ2n) is 5.98. The number of hydrogen-bond acceptors (Lipinski definition) is 1. The lowest BCUT2D eigenvalue weighted by Crippen LogP contribution is -2.37. The minimum Gasteiger partial charge on any atom is -0.314 e. The number of benzene rings is 1. The van der Waals surface area contributed by atoms with Crippen molar-refractivity contribution in [3.05, 3.63) is 34.9 Å². The third-order valence-electron chi connectivity index (χ3n) is 4.68. The molecule has 2 aliphatic rings. The first-order chi connectivity index (χ1) is 8.76. The number of hydrogen-bond donors (Lipinski definition) is 1. The van der Waals surface area contributed by atoms with Crippen LogP contribution in [0.5, 0.6) is 0 Å². The molecule has 1 aromatic carbocycles. The summed E-state index contributed by atoms with van der Waals surface area (Å²) in [5, 5.41) is 4.53. The molecule has 0 saturated heterocycles. The van der Waals surface area contributed by atoms with Crippen molar-refractivity contribution in [1.29, 1.82) is 0 Å². The van der Waals surface area contributed by atoms with Crippen LogP contribution in [0.1, 0.15) is 31.7 Å². The Hall–Kier alpha value is -0.530. The average molecular weight is 264 g/mol. The zero-order valence-corrected chi connectivity index (χ0v) is 11.8. The van der Waals surface area contributed by atoms with E-state index in [1.165, 1.54) is 24.8 Å². The van der Waals surface area contributed by atoms with Crippen LogP contribution >= 0.6 is 11.6 Å². The van der Waals surface area contributed by atoms with Gasteiger partial charge in [0, 0.05) is 11.1 Å². The normalized spacial score (nSPS) is 31.1. The summed E-state index contributed by atoms with van der Waals surface area (Å²) in [6, 6.07) is 9.01. The Kier molecular flexibility index (Phi) is 3.63. The van der Waals surface area contributed by atoms with Gasteiger partial charge in [-0.05, 0) is 67.7 Å². The van der Waals surface area contributed by atoms with Crippen LogP contribution < -0.4 is 5.32 Å². The quantitative estimate of drug-likeness (QED) is 0.849. The maximum atomic E-state index is 5.95. The van der Waals surface area contributed by atoms with Crippen molar-refractivity contribution in [2.45, 2.75) is 38.6 Å². The SMILES string of the molecule is CCNC(Cc1ccc(Cl)cc1)C1CC2CC2C1. The Labute approximate surface area is 115 Å². The van der Waals surface area contributed by atoms with Crippen LogP contribution in [0, 0.1) is 17.8 Å². The number of likely N-dealkylation sites (N-methyl/N-ethyl adjacent to an activating group) is 1. The Morgan fingerprint density at radius 2 is 1.83 bits per heavy atom. The van der Waals surface area contributed by atoms with E-state index in [1.807, 2.05) is 12.1 Å². The zero-order valence-electron chi connectivity index (χ0n) is 11.0. The summed E-state index contributed by atoms with van der Waals surface area (Å²) in [5.41, 5.74) is 1.41. The van der Waals surface area contributed by atoms with Crippen LogP contribution in [0.4, 0.5) is 0 Å². The molecule has 0 radical (unpaired) electrons. The molecule has 1 aromatic rings. The molecule has 3 atom stereocenters. The van der Waals surface area contributed by atoms with Crippen molar-refractivity contribution in [3.8, 4) is 0 Å². The molecule has 2 saturated carbocycles. The van der Waals surface area contributed by atoms with Crippen molar-refractivity contribution >= 4 is 11.6 Å². The van der Waals surface area contributed by atoms with Crippen LogP contribution in [0.15, 0.2) is 24.3 Å². The Morgan fingerprint density at radius 1 is 1.17 bits per heavy atom. The van der Waals surface area contributed by atoms with E-state index in [4.69, 9.17) is 11.6 Å². The highest BCUT2D eigenvalue weighted by Gasteiger charge is 2.47. The summed E-state index contributed by atoms with van der Waals surface area (Å²) in [6.45, 7) is 3.29. The van der Waals surface area contributed by atoms with Crippen LogP contribution in [-0.2, 0) is 6.42 Å². The lowest BCUT2D eigenvalue weighted by molar-refractivity contribution is 0.337. The van der Waals surface area contributed by atoms with Gasteiger partial charge in [0.05, 0.1) is 0 Å². The first-order valence-electron chi connectivity index (χ1n) is 7.24. The summed E-state index contributed by atoms with van der Waals surface area (Å²) in [6.07, 6.45) is 5.57. The average Bonchev–Trinajstić information content (AvgIpc) is 2.98. The van der Waals surface area contributed by atoms with Crippen LogP contribution in [0.25, 0.3) is 0 Å². The molecule has 3 rings (SSSR count). The molecule has 2 aliphatic carbocycles. The fraction of sp³-hybridized carbons (Fsp3) is 0.625. The number of nitrogens with one attached hydrogen (secondary N) is 1. The van der Waals surface area contributed by atoms with E-state index >= 15 is 0 Å². The van der Waals surface area contributed by atoms with E-state index in [0.717, 1.165) is 35.7 Å². The zero-order chi connectivity index (χ0) is 12.5. The van der Waals surface area contributed by atoms with Crippen molar-refractivity contribution in [2.75, 3.05) is 6.54 Å². The Morgan fingerprint density at radius 3 is 2.44 bits per heavy atom. The lowest BCUT2D eigenvalue weighted by atomic mass is 9.89. The summed E-state index contributed by atoms with van der Waals surface area (Å²) >= 11 is 5.95. The molecule has 0 aromatic heterocycles. The highest BCUT2D eigenvalue weighted by Crippen LogP contribution is 2.55. The van der Waals surface area contributed by atoms with E-state index < -0.39 is 0 Å². The molecule has 3 unspecified atom stereocenters. The van der Waals surface area contributed by atoms with Gasteiger partial charge >= 0.3 is 0 Å². The number of halogens is 1. The standard InChI is InChI=1S/C16H22ClN/c1-2-18-16(14-9-12-8-13(12)10-14)7-11-3-5-15(17)6-4-11/h3-6,12-14,16,18H,2,7-10H2,1H3. The van der Waals surface area contributed by atoms with Gasteiger partial charge in [0.1, 0.15) is 0 Å². The molecule has 1 N–H and O–H groups in total. The van der Waals surface area contributed by atoms with Gasteiger partial charge in [-0.1, -0.05) is 30.7 Å². The van der Waals surface area contributed by atoms with Gasteiger partial charge in [0.2, 0.25) is 0 Å². The minimum atomic E-state index is 0.656. The molecule has 0 spiro atoms. The molecule has 0 amide bonds. The lowest BCUT2D eigenvalue weighted by Gasteiger charge is -2.25. The Balaban J connectivity index is 1.64. The van der Waals surface area contributed by atoms with Crippen molar-refractivity contribution in [3.63, 3.8) is 0 Å². The van der Waals surface area contributed by atoms with Gasteiger partial charge in [-0.3, -0.25) is 0 Å². The van der Waals surface area contributed by atoms with E-state index in [9.17, 15) is 0 Å². The van der Waals surface area contributed by atoms with Crippen LogP contribution in [0.3, 0.4) is 0 Å². The maximum Gasteiger partial charge on any atom is 0.0406 e. The van der Waals surface area contributed by atoms with E-state index in [-0.39, 0.29) is 0 Å². The summed E-state index contributed by atoms with van der Waals surface area (Å²) in [4.78, 5) is 0. The number of rotatable bonds is 5. The van der Waals surface area contributed by atoms with Crippen molar-refractivity contribution in [2.24, 2.45) is 17.8 Å². The van der Waals surface area contributed by atoms with Crippen molar-refractivity contribution < 1.29 is 0 Å². The minimum absolute atomic E-state index is 0.656. The van der Waals surface area contributed by atoms with Gasteiger partial charge in [-0.2, -0.15) is 0 Å². The summed E-state index contributed by atoms with van der Waals surface area (Å²) in [5.74, 6) is 3.03. The molecule has 0 aliphatic heterocycles. The Bertz CT molecular complexity index is 390. The van der Waals surface area contributed by atoms with Gasteiger partial charge in [-0.15, -0.1) is 0 Å². The summed E-state index contributed by atoms with van der Waals surface area (Å²) in [7, 11) is 0. The molecule has 2 heteroatoms. The molecule has 98 valence electrons. The van der Waals surface area contributed by atoms with E-state index in [2.05, 4.69) is 24.4 Å². The molecular weight excluding hydrogens is 242 g/mol. The predicted octanol–water partition coefficient (Wildman–Crippen LogP) is 3.91. The molecule has 2 fully saturated rings. The van der Waals surface area contributed by atoms with Crippen molar-refractivity contribution in [1.82, 2.24) is 5.32 Å². The third-order valence-corrected chi connectivity index (χ3v) is 4.94. The fourth-order valence-corrected chi connectivity index (χ4v) is 3.76. The van der Waals surface area contributed by atoms with Crippen LogP contribution in [-0.4, -0.2) is 12.6 Å². The number of fused-ring (bicyclic) bond motifs is 1. The molecule has 0 bridgehead atoms. The predicted molar refractivity (Wildman–Crippen MR) is 76.9 cm³/mol. The smallest absolute Gasteiger partial charge is 0.0406 e.